The number of carbonyl (C=O) groups excluding carboxylic acids is 1. The standard InChI is InChI=1S/C20H31FN4O/c1-22-20(24-11-5-9-16-6-2-3-7-16)25-13-12-23-19(26)15-17-8-4-10-18(21)14-17/h4,8,10,14,16H,2-3,5-7,9,11-13,15H2,1H3,(H,23,26)(H2,22,24,25). The first kappa shape index (κ1) is 20.2. The molecule has 144 valence electrons. The maximum atomic E-state index is 13.1. The van der Waals surface area contributed by atoms with Crippen LogP contribution in [-0.2, 0) is 11.2 Å². The van der Waals surface area contributed by atoms with Gasteiger partial charge in [0.1, 0.15) is 5.82 Å². The van der Waals surface area contributed by atoms with E-state index in [2.05, 4.69) is 20.9 Å². The van der Waals surface area contributed by atoms with Gasteiger partial charge in [-0.05, 0) is 36.5 Å². The van der Waals surface area contributed by atoms with E-state index in [1.165, 1.54) is 44.2 Å². The van der Waals surface area contributed by atoms with Crippen LogP contribution < -0.4 is 16.0 Å². The van der Waals surface area contributed by atoms with Crippen LogP contribution in [0, 0.1) is 11.7 Å². The van der Waals surface area contributed by atoms with E-state index in [1.54, 1.807) is 19.2 Å². The largest absolute Gasteiger partial charge is 0.356 e. The van der Waals surface area contributed by atoms with Gasteiger partial charge in [-0.15, -0.1) is 0 Å². The van der Waals surface area contributed by atoms with Gasteiger partial charge >= 0.3 is 0 Å². The Morgan fingerprint density at radius 1 is 1.15 bits per heavy atom. The lowest BCUT2D eigenvalue weighted by atomic mass is 10.0. The van der Waals surface area contributed by atoms with E-state index in [0.29, 0.717) is 18.7 Å². The quantitative estimate of drug-likeness (QED) is 0.359. The number of halogens is 1. The Bertz CT molecular complexity index is 585. The van der Waals surface area contributed by atoms with E-state index in [4.69, 9.17) is 0 Å². The van der Waals surface area contributed by atoms with Crippen LogP contribution in [0.15, 0.2) is 29.3 Å². The molecule has 0 aliphatic heterocycles. The van der Waals surface area contributed by atoms with Crippen LogP contribution in [0.2, 0.25) is 0 Å². The molecule has 1 aromatic rings. The molecule has 2 rings (SSSR count). The normalized spacial score (nSPS) is 15.1. The fourth-order valence-corrected chi connectivity index (χ4v) is 3.39. The number of nitrogens with zero attached hydrogens (tertiary/aromatic N) is 1. The molecule has 1 saturated carbocycles. The van der Waals surface area contributed by atoms with Gasteiger partial charge in [-0.2, -0.15) is 0 Å². The lowest BCUT2D eigenvalue weighted by Crippen LogP contribution is -2.42. The van der Waals surface area contributed by atoms with Gasteiger partial charge in [-0.1, -0.05) is 37.8 Å². The fourth-order valence-electron chi connectivity index (χ4n) is 3.39. The van der Waals surface area contributed by atoms with Crippen LogP contribution in [0.4, 0.5) is 4.39 Å². The van der Waals surface area contributed by atoms with Crippen molar-refractivity contribution in [3.63, 3.8) is 0 Å². The summed E-state index contributed by atoms with van der Waals surface area (Å²) < 4.78 is 13.1. The predicted molar refractivity (Wildman–Crippen MR) is 104 cm³/mol. The van der Waals surface area contributed by atoms with Gasteiger partial charge in [0.05, 0.1) is 6.42 Å². The van der Waals surface area contributed by atoms with E-state index in [0.717, 1.165) is 24.8 Å². The molecular weight excluding hydrogens is 331 g/mol. The minimum Gasteiger partial charge on any atom is -0.356 e. The molecule has 0 bridgehead atoms. The van der Waals surface area contributed by atoms with Gasteiger partial charge < -0.3 is 16.0 Å². The molecule has 5 nitrogen and oxygen atoms in total. The third-order valence-electron chi connectivity index (χ3n) is 4.77. The molecule has 0 atom stereocenters. The molecule has 0 aromatic heterocycles. The van der Waals surface area contributed by atoms with Gasteiger partial charge in [-0.3, -0.25) is 9.79 Å². The SMILES string of the molecule is CN=C(NCCCC1CCCC1)NCCNC(=O)Cc1cccc(F)c1. The molecule has 0 radical (unpaired) electrons. The Labute approximate surface area is 155 Å². The lowest BCUT2D eigenvalue weighted by Gasteiger charge is -2.13. The van der Waals surface area contributed by atoms with E-state index in [-0.39, 0.29) is 18.1 Å². The Morgan fingerprint density at radius 3 is 2.62 bits per heavy atom. The first-order valence-electron chi connectivity index (χ1n) is 9.63. The van der Waals surface area contributed by atoms with Crippen molar-refractivity contribution < 1.29 is 9.18 Å². The second kappa shape index (κ2) is 11.5. The molecule has 3 N–H and O–H groups in total. The van der Waals surface area contributed by atoms with Crippen LogP contribution in [-0.4, -0.2) is 38.5 Å². The molecule has 1 aliphatic rings. The molecule has 6 heteroatoms. The van der Waals surface area contributed by atoms with Crippen molar-refractivity contribution in [3.05, 3.63) is 35.6 Å². The third kappa shape index (κ3) is 7.85. The van der Waals surface area contributed by atoms with Crippen molar-refractivity contribution in [3.8, 4) is 0 Å². The molecular formula is C20H31FN4O. The number of hydrogen-bond donors (Lipinski definition) is 3. The number of rotatable bonds is 9. The predicted octanol–water partition coefficient (Wildman–Crippen LogP) is 2.62. The van der Waals surface area contributed by atoms with E-state index < -0.39 is 0 Å². The maximum absolute atomic E-state index is 13.1. The summed E-state index contributed by atoms with van der Waals surface area (Å²) in [4.78, 5) is 16.1. The number of guanidine groups is 1. The summed E-state index contributed by atoms with van der Waals surface area (Å²) in [5.41, 5.74) is 0.676. The highest BCUT2D eigenvalue weighted by atomic mass is 19.1. The average Bonchev–Trinajstić information content (AvgIpc) is 3.14. The number of benzene rings is 1. The van der Waals surface area contributed by atoms with Crippen LogP contribution in [0.25, 0.3) is 0 Å². The number of nitrogens with one attached hydrogen (secondary N) is 3. The average molecular weight is 362 g/mol. The first-order chi connectivity index (χ1) is 12.7. The van der Waals surface area contributed by atoms with Crippen LogP contribution >= 0.6 is 0 Å². The zero-order valence-corrected chi connectivity index (χ0v) is 15.7. The Morgan fingerprint density at radius 2 is 1.88 bits per heavy atom. The van der Waals surface area contributed by atoms with Crippen LogP contribution in [0.5, 0.6) is 0 Å². The zero-order valence-electron chi connectivity index (χ0n) is 15.7. The minimum atomic E-state index is -0.320. The first-order valence-corrected chi connectivity index (χ1v) is 9.63. The highest BCUT2D eigenvalue weighted by Crippen LogP contribution is 2.28. The number of amides is 1. The van der Waals surface area contributed by atoms with Gasteiger partial charge in [0.15, 0.2) is 5.96 Å². The van der Waals surface area contributed by atoms with Gasteiger partial charge in [0.2, 0.25) is 5.91 Å². The van der Waals surface area contributed by atoms with Crippen molar-refractivity contribution in [2.24, 2.45) is 10.9 Å². The van der Waals surface area contributed by atoms with Gasteiger partial charge in [-0.25, -0.2) is 4.39 Å². The molecule has 26 heavy (non-hydrogen) atoms. The molecule has 1 aliphatic carbocycles. The molecule has 0 saturated heterocycles. The Kier molecular flexibility index (Phi) is 8.93. The van der Waals surface area contributed by atoms with Crippen LogP contribution in [0.1, 0.15) is 44.1 Å². The summed E-state index contributed by atoms with van der Waals surface area (Å²) >= 11 is 0. The summed E-state index contributed by atoms with van der Waals surface area (Å²) in [5, 5.41) is 9.33. The summed E-state index contributed by atoms with van der Waals surface area (Å²) in [6.07, 6.45) is 8.21. The van der Waals surface area contributed by atoms with E-state index in [1.807, 2.05) is 0 Å². The lowest BCUT2D eigenvalue weighted by molar-refractivity contribution is -0.120. The minimum absolute atomic E-state index is 0.114. The van der Waals surface area contributed by atoms with Crippen molar-refractivity contribution in [2.75, 3.05) is 26.7 Å². The van der Waals surface area contributed by atoms with E-state index >= 15 is 0 Å². The molecule has 1 fully saturated rings. The summed E-state index contributed by atoms with van der Waals surface area (Å²) in [7, 11) is 1.74. The van der Waals surface area contributed by atoms with E-state index in [9.17, 15) is 9.18 Å². The fraction of sp³-hybridized carbons (Fsp3) is 0.600. The maximum Gasteiger partial charge on any atom is 0.224 e. The number of hydrogen-bond acceptors (Lipinski definition) is 2. The van der Waals surface area contributed by atoms with Crippen molar-refractivity contribution in [1.82, 2.24) is 16.0 Å². The van der Waals surface area contributed by atoms with Crippen molar-refractivity contribution in [2.45, 2.75) is 44.9 Å². The third-order valence-corrected chi connectivity index (χ3v) is 4.77. The smallest absolute Gasteiger partial charge is 0.224 e. The van der Waals surface area contributed by atoms with Crippen LogP contribution in [0.3, 0.4) is 0 Å². The Hall–Kier alpha value is -2.11. The van der Waals surface area contributed by atoms with Gasteiger partial charge in [0.25, 0.3) is 0 Å². The van der Waals surface area contributed by atoms with Crippen molar-refractivity contribution in [1.29, 1.82) is 0 Å². The molecule has 0 unspecified atom stereocenters. The zero-order chi connectivity index (χ0) is 18.6. The summed E-state index contributed by atoms with van der Waals surface area (Å²) in [6.45, 7) is 2.01. The number of aliphatic imine (C=N–C) groups is 1. The Balaban J connectivity index is 1.53. The van der Waals surface area contributed by atoms with Crippen molar-refractivity contribution >= 4 is 11.9 Å². The number of carbonyl (C=O) groups is 1. The summed E-state index contributed by atoms with van der Waals surface area (Å²) in [6, 6.07) is 6.12. The second-order valence-electron chi connectivity index (χ2n) is 6.88. The second-order valence-corrected chi connectivity index (χ2v) is 6.88. The molecule has 1 amide bonds. The molecule has 0 spiro atoms. The molecule has 0 heterocycles. The molecule has 1 aromatic carbocycles. The summed E-state index contributed by atoms with van der Waals surface area (Å²) in [5.74, 6) is 1.24. The monoisotopic (exact) mass is 362 g/mol. The highest BCUT2D eigenvalue weighted by Gasteiger charge is 2.14. The van der Waals surface area contributed by atoms with Gasteiger partial charge in [0, 0.05) is 26.7 Å². The topological polar surface area (TPSA) is 65.5 Å². The highest BCUT2D eigenvalue weighted by molar-refractivity contribution is 5.80.